The van der Waals surface area contributed by atoms with E-state index >= 15 is 0 Å². The van der Waals surface area contributed by atoms with Crippen LogP contribution in [0.4, 0.5) is 5.69 Å². The van der Waals surface area contributed by atoms with Crippen LogP contribution in [0.15, 0.2) is 12.3 Å². The Hall–Kier alpha value is -1.58. The van der Waals surface area contributed by atoms with Gasteiger partial charge in [-0.25, -0.2) is 0 Å². The van der Waals surface area contributed by atoms with Crippen molar-refractivity contribution in [1.82, 2.24) is 9.88 Å². The fourth-order valence-corrected chi connectivity index (χ4v) is 2.60. The summed E-state index contributed by atoms with van der Waals surface area (Å²) in [6.07, 6.45) is 2.75. The van der Waals surface area contributed by atoms with Gasteiger partial charge >= 0.3 is 0 Å². The van der Waals surface area contributed by atoms with E-state index in [2.05, 4.69) is 31.1 Å². The third-order valence-corrected chi connectivity index (χ3v) is 4.11. The first-order valence-electron chi connectivity index (χ1n) is 7.52. The zero-order valence-electron chi connectivity index (χ0n) is 12.9. The quantitative estimate of drug-likeness (QED) is 0.919. The Morgan fingerprint density at radius 1 is 1.40 bits per heavy atom. The second-order valence-electron chi connectivity index (χ2n) is 5.96. The number of nitrogens with zero attached hydrogens (tertiary/aromatic N) is 2. The van der Waals surface area contributed by atoms with Crippen LogP contribution in [0.2, 0.25) is 0 Å². The van der Waals surface area contributed by atoms with Gasteiger partial charge in [-0.3, -0.25) is 9.78 Å². The first-order valence-corrected chi connectivity index (χ1v) is 7.52. The Bertz CT molecular complexity index is 477. The molecular formula is C16H25N3O. The fourth-order valence-electron chi connectivity index (χ4n) is 2.60. The summed E-state index contributed by atoms with van der Waals surface area (Å²) in [6, 6.07) is 1.96. The molecule has 1 saturated heterocycles. The minimum Gasteiger partial charge on any atom is -0.384 e. The van der Waals surface area contributed by atoms with Crippen LogP contribution < -0.4 is 5.32 Å². The van der Waals surface area contributed by atoms with Gasteiger partial charge < -0.3 is 10.2 Å². The number of aryl methyl sites for hydroxylation is 1. The standard InChI is InChI=1S/C16H25N3O/c1-5-6-17-15-7-13(4)18-8-14(15)16(20)19-9-11(2)12(3)10-19/h7-8,11-12H,5-6,9-10H2,1-4H3,(H,17,18). The van der Waals surface area contributed by atoms with Gasteiger partial charge in [-0.05, 0) is 31.2 Å². The zero-order chi connectivity index (χ0) is 14.7. The number of pyridine rings is 1. The van der Waals surface area contributed by atoms with E-state index in [0.29, 0.717) is 17.4 Å². The number of aromatic nitrogens is 1. The van der Waals surface area contributed by atoms with E-state index in [1.807, 2.05) is 17.9 Å². The van der Waals surface area contributed by atoms with Crippen LogP contribution in [0.3, 0.4) is 0 Å². The lowest BCUT2D eigenvalue weighted by atomic mass is 10.0. The molecule has 2 atom stereocenters. The summed E-state index contributed by atoms with van der Waals surface area (Å²) >= 11 is 0. The lowest BCUT2D eigenvalue weighted by Crippen LogP contribution is -2.29. The number of carbonyl (C=O) groups excluding carboxylic acids is 1. The molecule has 2 heterocycles. The molecule has 1 N–H and O–H groups in total. The van der Waals surface area contributed by atoms with Gasteiger partial charge in [0.15, 0.2) is 0 Å². The van der Waals surface area contributed by atoms with Gasteiger partial charge in [-0.15, -0.1) is 0 Å². The lowest BCUT2D eigenvalue weighted by molar-refractivity contribution is 0.0785. The van der Waals surface area contributed by atoms with E-state index in [4.69, 9.17) is 0 Å². The van der Waals surface area contributed by atoms with Crippen molar-refractivity contribution >= 4 is 11.6 Å². The Kier molecular flexibility index (Phi) is 4.63. The Morgan fingerprint density at radius 3 is 2.65 bits per heavy atom. The summed E-state index contributed by atoms with van der Waals surface area (Å²) in [5.74, 6) is 1.25. The molecular weight excluding hydrogens is 250 g/mol. The van der Waals surface area contributed by atoms with Crippen molar-refractivity contribution in [2.24, 2.45) is 11.8 Å². The number of rotatable bonds is 4. The summed E-state index contributed by atoms with van der Waals surface area (Å²) in [6.45, 7) is 11.1. The highest BCUT2D eigenvalue weighted by atomic mass is 16.2. The maximum absolute atomic E-state index is 12.7. The predicted octanol–water partition coefficient (Wildman–Crippen LogP) is 2.94. The molecule has 2 unspecified atom stereocenters. The predicted molar refractivity (Wildman–Crippen MR) is 82.0 cm³/mol. The van der Waals surface area contributed by atoms with Crippen molar-refractivity contribution in [2.75, 3.05) is 25.0 Å². The van der Waals surface area contributed by atoms with Crippen molar-refractivity contribution < 1.29 is 4.79 Å². The highest BCUT2D eigenvalue weighted by Crippen LogP contribution is 2.26. The van der Waals surface area contributed by atoms with Gasteiger partial charge in [0, 0.05) is 31.5 Å². The number of anilines is 1. The first-order chi connectivity index (χ1) is 9.52. The van der Waals surface area contributed by atoms with E-state index in [-0.39, 0.29) is 5.91 Å². The van der Waals surface area contributed by atoms with Gasteiger partial charge in [-0.2, -0.15) is 0 Å². The summed E-state index contributed by atoms with van der Waals surface area (Å²) in [5.41, 5.74) is 2.55. The molecule has 0 aromatic carbocycles. The molecule has 1 fully saturated rings. The topological polar surface area (TPSA) is 45.2 Å². The maximum Gasteiger partial charge on any atom is 0.257 e. The molecule has 0 aliphatic carbocycles. The van der Waals surface area contributed by atoms with Crippen LogP contribution >= 0.6 is 0 Å². The SMILES string of the molecule is CCCNc1cc(C)ncc1C(=O)N1CC(C)C(C)C1. The molecule has 20 heavy (non-hydrogen) atoms. The second kappa shape index (κ2) is 6.25. The molecule has 4 heteroatoms. The Labute approximate surface area is 121 Å². The van der Waals surface area contributed by atoms with E-state index in [9.17, 15) is 4.79 Å². The molecule has 4 nitrogen and oxygen atoms in total. The molecule has 0 spiro atoms. The third kappa shape index (κ3) is 3.11. The number of likely N-dealkylation sites (tertiary alicyclic amines) is 1. The summed E-state index contributed by atoms with van der Waals surface area (Å²) in [5, 5.41) is 3.34. The molecule has 1 amide bonds. The third-order valence-electron chi connectivity index (χ3n) is 4.11. The van der Waals surface area contributed by atoms with Crippen LogP contribution in [0.5, 0.6) is 0 Å². The van der Waals surface area contributed by atoms with Gasteiger partial charge in [0.05, 0.1) is 11.3 Å². The zero-order valence-corrected chi connectivity index (χ0v) is 12.9. The molecule has 1 aliphatic heterocycles. The molecule has 1 aliphatic rings. The van der Waals surface area contributed by atoms with Crippen LogP contribution in [0.1, 0.15) is 43.2 Å². The molecule has 110 valence electrons. The van der Waals surface area contributed by atoms with Crippen molar-refractivity contribution in [1.29, 1.82) is 0 Å². The average molecular weight is 275 g/mol. The molecule has 0 saturated carbocycles. The minimum absolute atomic E-state index is 0.104. The van der Waals surface area contributed by atoms with E-state index in [0.717, 1.165) is 37.4 Å². The Morgan fingerprint density at radius 2 is 2.05 bits per heavy atom. The molecule has 0 radical (unpaired) electrons. The van der Waals surface area contributed by atoms with Crippen molar-refractivity contribution in [3.05, 3.63) is 23.5 Å². The molecule has 1 aromatic rings. The highest BCUT2D eigenvalue weighted by molar-refractivity contribution is 5.99. The molecule has 1 aromatic heterocycles. The summed E-state index contributed by atoms with van der Waals surface area (Å²) in [7, 11) is 0. The average Bonchev–Trinajstić information content (AvgIpc) is 2.76. The number of hydrogen-bond donors (Lipinski definition) is 1. The molecule has 0 bridgehead atoms. The Balaban J connectivity index is 2.21. The first kappa shape index (κ1) is 14.8. The lowest BCUT2D eigenvalue weighted by Gasteiger charge is -2.19. The van der Waals surface area contributed by atoms with Gasteiger partial charge in [0.2, 0.25) is 0 Å². The monoisotopic (exact) mass is 275 g/mol. The van der Waals surface area contributed by atoms with Crippen LogP contribution in [-0.4, -0.2) is 35.4 Å². The normalized spacial score (nSPS) is 22.1. The largest absolute Gasteiger partial charge is 0.384 e. The van der Waals surface area contributed by atoms with Crippen molar-refractivity contribution in [3.8, 4) is 0 Å². The summed E-state index contributed by atoms with van der Waals surface area (Å²) in [4.78, 5) is 18.9. The number of nitrogens with one attached hydrogen (secondary N) is 1. The van der Waals surface area contributed by atoms with Crippen LogP contribution in [-0.2, 0) is 0 Å². The van der Waals surface area contributed by atoms with E-state index in [1.54, 1.807) is 6.20 Å². The number of carbonyl (C=O) groups is 1. The van der Waals surface area contributed by atoms with Crippen molar-refractivity contribution in [3.63, 3.8) is 0 Å². The molecule has 2 rings (SSSR count). The van der Waals surface area contributed by atoms with E-state index < -0.39 is 0 Å². The number of hydrogen-bond acceptors (Lipinski definition) is 3. The van der Waals surface area contributed by atoms with E-state index in [1.165, 1.54) is 0 Å². The van der Waals surface area contributed by atoms with Gasteiger partial charge in [-0.1, -0.05) is 20.8 Å². The highest BCUT2D eigenvalue weighted by Gasteiger charge is 2.30. The maximum atomic E-state index is 12.7. The smallest absolute Gasteiger partial charge is 0.257 e. The van der Waals surface area contributed by atoms with Gasteiger partial charge in [0.1, 0.15) is 0 Å². The van der Waals surface area contributed by atoms with Gasteiger partial charge in [0.25, 0.3) is 5.91 Å². The fraction of sp³-hybridized carbons (Fsp3) is 0.625. The minimum atomic E-state index is 0.104. The number of amides is 1. The summed E-state index contributed by atoms with van der Waals surface area (Å²) < 4.78 is 0. The second-order valence-corrected chi connectivity index (χ2v) is 5.96. The van der Waals surface area contributed by atoms with Crippen LogP contribution in [0.25, 0.3) is 0 Å². The van der Waals surface area contributed by atoms with Crippen LogP contribution in [0, 0.1) is 18.8 Å². The van der Waals surface area contributed by atoms with Crippen molar-refractivity contribution in [2.45, 2.75) is 34.1 Å².